The van der Waals surface area contributed by atoms with Crippen molar-refractivity contribution in [1.29, 1.82) is 0 Å². The van der Waals surface area contributed by atoms with Gasteiger partial charge in [-0.1, -0.05) is 41.4 Å². The molecule has 6 heteroatoms. The highest BCUT2D eigenvalue weighted by atomic mass is 35.5. The maximum atomic E-state index is 11.6. The maximum absolute atomic E-state index is 11.6. The van der Waals surface area contributed by atoms with Crippen molar-refractivity contribution in [2.24, 2.45) is 4.99 Å². The molecule has 0 amide bonds. The molecule has 0 saturated carbocycles. The molecule has 1 N–H and O–H groups in total. The second-order valence-electron chi connectivity index (χ2n) is 4.09. The second kappa shape index (κ2) is 6.61. The lowest BCUT2D eigenvalue weighted by Crippen LogP contribution is -2.04. The first kappa shape index (κ1) is 15.4. The number of phenolic OH excluding ortho intramolecular Hbond substituents is 1. The molecule has 0 heterocycles. The fourth-order valence-electron chi connectivity index (χ4n) is 1.70. The molecule has 2 aromatic carbocycles. The predicted octanol–water partition coefficient (Wildman–Crippen LogP) is 4.24. The number of halogens is 2. The summed E-state index contributed by atoms with van der Waals surface area (Å²) in [5.74, 6) is -0.640. The molecule has 0 fully saturated rings. The quantitative estimate of drug-likeness (QED) is 0.679. The average molecular weight is 324 g/mol. The van der Waals surface area contributed by atoms with Crippen LogP contribution in [0.3, 0.4) is 0 Å². The number of nitrogens with zero attached hydrogens (tertiary/aromatic N) is 1. The first-order valence-corrected chi connectivity index (χ1v) is 6.68. The van der Waals surface area contributed by atoms with Gasteiger partial charge in [-0.15, -0.1) is 0 Å². The van der Waals surface area contributed by atoms with Gasteiger partial charge in [-0.25, -0.2) is 4.79 Å². The molecule has 0 aromatic heterocycles. The van der Waals surface area contributed by atoms with Crippen LogP contribution in [0, 0.1) is 0 Å². The van der Waals surface area contributed by atoms with Crippen molar-refractivity contribution < 1.29 is 14.6 Å². The van der Waals surface area contributed by atoms with E-state index in [1.807, 2.05) is 0 Å². The molecule has 0 atom stereocenters. The third-order valence-electron chi connectivity index (χ3n) is 2.72. The van der Waals surface area contributed by atoms with Gasteiger partial charge in [0, 0.05) is 16.8 Å². The van der Waals surface area contributed by atoms with E-state index in [-0.39, 0.29) is 16.5 Å². The van der Waals surface area contributed by atoms with Gasteiger partial charge in [0.05, 0.1) is 17.7 Å². The topological polar surface area (TPSA) is 58.9 Å². The van der Waals surface area contributed by atoms with Crippen molar-refractivity contribution in [3.63, 3.8) is 0 Å². The van der Waals surface area contributed by atoms with E-state index in [1.54, 1.807) is 24.3 Å². The Kier molecular flexibility index (Phi) is 4.83. The Balaban J connectivity index is 2.41. The highest BCUT2D eigenvalue weighted by Gasteiger charge is 2.10. The third kappa shape index (κ3) is 3.54. The van der Waals surface area contributed by atoms with Crippen LogP contribution in [-0.2, 0) is 4.74 Å². The number of carbonyl (C=O) groups is 1. The molecule has 0 saturated heterocycles. The van der Waals surface area contributed by atoms with Gasteiger partial charge >= 0.3 is 5.97 Å². The summed E-state index contributed by atoms with van der Waals surface area (Å²) in [6.07, 6.45) is 1.44. The molecule has 0 radical (unpaired) electrons. The van der Waals surface area contributed by atoms with Crippen molar-refractivity contribution >= 4 is 41.1 Å². The van der Waals surface area contributed by atoms with Gasteiger partial charge in [0.1, 0.15) is 5.69 Å². The number of aromatic hydroxyl groups is 1. The molecule has 108 valence electrons. The number of hydrogen-bond acceptors (Lipinski definition) is 4. The smallest absolute Gasteiger partial charge is 0.338 e. The Labute approximate surface area is 131 Å². The molecule has 2 rings (SSSR count). The molecule has 2 aromatic rings. The predicted molar refractivity (Wildman–Crippen MR) is 83.2 cm³/mol. The van der Waals surface area contributed by atoms with Gasteiger partial charge in [-0.2, -0.15) is 0 Å². The van der Waals surface area contributed by atoms with Crippen LogP contribution in [-0.4, -0.2) is 24.4 Å². The highest BCUT2D eigenvalue weighted by molar-refractivity contribution is 6.36. The van der Waals surface area contributed by atoms with Gasteiger partial charge in [0.25, 0.3) is 0 Å². The lowest BCUT2D eigenvalue weighted by Gasteiger charge is -2.04. The normalized spacial score (nSPS) is 10.8. The number of carbonyl (C=O) groups excluding carboxylic acids is 1. The minimum Gasteiger partial charge on any atom is -0.504 e. The standard InChI is InChI=1S/C15H11Cl2NO3/c1-21-15(20)11-5-3-2-4-9(11)8-18-13-7-10(16)6-12(17)14(13)19/h2-8,19H,1H3. The summed E-state index contributed by atoms with van der Waals surface area (Å²) < 4.78 is 4.70. The van der Waals surface area contributed by atoms with E-state index in [4.69, 9.17) is 27.9 Å². The maximum Gasteiger partial charge on any atom is 0.338 e. The molecule has 4 nitrogen and oxygen atoms in total. The zero-order chi connectivity index (χ0) is 15.4. The van der Waals surface area contributed by atoms with Crippen LogP contribution in [0.4, 0.5) is 5.69 Å². The van der Waals surface area contributed by atoms with Crippen LogP contribution < -0.4 is 0 Å². The number of hydrogen-bond donors (Lipinski definition) is 1. The van der Waals surface area contributed by atoms with Crippen molar-refractivity contribution in [2.45, 2.75) is 0 Å². The molecule has 21 heavy (non-hydrogen) atoms. The number of phenols is 1. The van der Waals surface area contributed by atoms with E-state index in [9.17, 15) is 9.90 Å². The number of aliphatic imine (C=N–C) groups is 1. The Bertz CT molecular complexity index is 714. The Morgan fingerprint density at radius 3 is 2.71 bits per heavy atom. The average Bonchev–Trinajstić information content (AvgIpc) is 2.49. The van der Waals surface area contributed by atoms with Crippen LogP contribution in [0.5, 0.6) is 5.75 Å². The van der Waals surface area contributed by atoms with E-state index >= 15 is 0 Å². The summed E-state index contributed by atoms with van der Waals surface area (Å²) in [7, 11) is 1.30. The van der Waals surface area contributed by atoms with Crippen LogP contribution >= 0.6 is 23.2 Å². The van der Waals surface area contributed by atoms with Crippen molar-refractivity contribution in [3.8, 4) is 5.75 Å². The fourth-order valence-corrected chi connectivity index (χ4v) is 2.18. The Morgan fingerprint density at radius 2 is 2.00 bits per heavy atom. The van der Waals surface area contributed by atoms with Crippen LogP contribution in [0.15, 0.2) is 41.4 Å². The number of rotatable bonds is 3. The first-order chi connectivity index (χ1) is 10.0. The monoisotopic (exact) mass is 323 g/mol. The fraction of sp³-hybridized carbons (Fsp3) is 0.0667. The van der Waals surface area contributed by atoms with Crippen molar-refractivity contribution in [1.82, 2.24) is 0 Å². The summed E-state index contributed by atoms with van der Waals surface area (Å²) in [4.78, 5) is 15.8. The molecule has 0 spiro atoms. The molecule has 0 bridgehead atoms. The summed E-state index contributed by atoms with van der Waals surface area (Å²) in [6, 6.07) is 9.70. The highest BCUT2D eigenvalue weighted by Crippen LogP contribution is 2.36. The largest absolute Gasteiger partial charge is 0.504 e. The van der Waals surface area contributed by atoms with Gasteiger partial charge in [-0.3, -0.25) is 4.99 Å². The summed E-state index contributed by atoms with van der Waals surface area (Å²) in [5.41, 5.74) is 1.14. The lowest BCUT2D eigenvalue weighted by molar-refractivity contribution is 0.0600. The molecule has 0 aliphatic rings. The van der Waals surface area contributed by atoms with Gasteiger partial charge in [0.15, 0.2) is 5.75 Å². The first-order valence-electron chi connectivity index (χ1n) is 5.92. The third-order valence-corrected chi connectivity index (χ3v) is 3.22. The van der Waals surface area contributed by atoms with Gasteiger partial charge in [-0.05, 0) is 18.2 Å². The molecular formula is C15H11Cl2NO3. The van der Waals surface area contributed by atoms with Crippen molar-refractivity contribution in [2.75, 3.05) is 7.11 Å². The number of benzene rings is 2. The Morgan fingerprint density at radius 1 is 1.29 bits per heavy atom. The van der Waals surface area contributed by atoms with E-state index < -0.39 is 5.97 Å². The number of esters is 1. The lowest BCUT2D eigenvalue weighted by atomic mass is 10.1. The minimum atomic E-state index is -0.467. The molecule has 0 unspecified atom stereocenters. The zero-order valence-electron chi connectivity index (χ0n) is 11.0. The van der Waals surface area contributed by atoms with Crippen LogP contribution in [0.25, 0.3) is 0 Å². The van der Waals surface area contributed by atoms with Crippen molar-refractivity contribution in [3.05, 3.63) is 57.6 Å². The SMILES string of the molecule is COC(=O)c1ccccc1C=Nc1cc(Cl)cc(Cl)c1O. The van der Waals surface area contributed by atoms with Crippen LogP contribution in [0.1, 0.15) is 15.9 Å². The van der Waals surface area contributed by atoms with Crippen LogP contribution in [0.2, 0.25) is 10.0 Å². The van der Waals surface area contributed by atoms with E-state index in [2.05, 4.69) is 4.99 Å². The summed E-state index contributed by atoms with van der Waals surface area (Å²) in [6.45, 7) is 0. The minimum absolute atomic E-state index is 0.107. The Hall–Kier alpha value is -2.04. The van der Waals surface area contributed by atoms with E-state index in [1.165, 1.54) is 25.5 Å². The summed E-state index contributed by atoms with van der Waals surface area (Å²) >= 11 is 11.7. The molecule has 0 aliphatic carbocycles. The van der Waals surface area contributed by atoms with Gasteiger partial charge < -0.3 is 9.84 Å². The number of ether oxygens (including phenoxy) is 1. The number of methoxy groups -OCH3 is 1. The molecular weight excluding hydrogens is 313 g/mol. The zero-order valence-corrected chi connectivity index (χ0v) is 12.5. The second-order valence-corrected chi connectivity index (χ2v) is 4.94. The molecule has 0 aliphatic heterocycles. The van der Waals surface area contributed by atoms with Gasteiger partial charge in [0.2, 0.25) is 0 Å². The summed E-state index contributed by atoms with van der Waals surface area (Å²) in [5, 5.41) is 10.3. The van der Waals surface area contributed by atoms with E-state index in [0.29, 0.717) is 16.1 Å². The van der Waals surface area contributed by atoms with E-state index in [0.717, 1.165) is 0 Å².